The largest absolute Gasteiger partial charge is 0.479 e. The van der Waals surface area contributed by atoms with Crippen molar-refractivity contribution in [2.45, 2.75) is 25.9 Å². The molecule has 0 bridgehead atoms. The zero-order valence-corrected chi connectivity index (χ0v) is 8.65. The minimum absolute atomic E-state index is 0.00141. The molecule has 0 spiro atoms. The van der Waals surface area contributed by atoms with Crippen LogP contribution in [0.2, 0.25) is 0 Å². The number of allylic oxidation sites excluding steroid dienone is 1. The van der Waals surface area contributed by atoms with Gasteiger partial charge in [-0.3, -0.25) is 0 Å². The topological polar surface area (TPSA) is 94.8 Å². The molecular formula is C10H14O5. The molecule has 5 nitrogen and oxygen atoms in total. The van der Waals surface area contributed by atoms with E-state index in [1.54, 1.807) is 0 Å². The molecule has 1 atom stereocenters. The fourth-order valence-electron chi connectivity index (χ4n) is 0.854. The summed E-state index contributed by atoms with van der Waals surface area (Å²) in [5, 5.41) is 26.8. The number of carbonyl (C=O) groups is 2. The van der Waals surface area contributed by atoms with Gasteiger partial charge in [0.15, 0.2) is 5.60 Å². The molecule has 0 unspecified atom stereocenters. The fourth-order valence-corrected chi connectivity index (χ4v) is 0.854. The van der Waals surface area contributed by atoms with E-state index in [4.69, 9.17) is 10.2 Å². The Morgan fingerprint density at radius 2 is 1.87 bits per heavy atom. The lowest BCUT2D eigenvalue weighted by Gasteiger charge is -2.20. The van der Waals surface area contributed by atoms with Gasteiger partial charge in [0.2, 0.25) is 0 Å². The smallest absolute Gasteiger partial charge is 0.339 e. The predicted octanol–water partition coefficient (Wildman–Crippen LogP) is 0.799. The second-order valence-electron chi connectivity index (χ2n) is 3.28. The molecule has 0 aromatic carbocycles. The quantitative estimate of drug-likeness (QED) is 0.464. The van der Waals surface area contributed by atoms with E-state index in [1.807, 2.05) is 0 Å². The highest BCUT2D eigenvalue weighted by molar-refractivity contribution is 5.88. The van der Waals surface area contributed by atoms with Crippen LogP contribution in [0.4, 0.5) is 0 Å². The minimum atomic E-state index is -2.11. The molecule has 0 aromatic rings. The maximum Gasteiger partial charge on any atom is 0.339 e. The van der Waals surface area contributed by atoms with Crippen LogP contribution in [0.25, 0.3) is 0 Å². The molecule has 0 rings (SSSR count). The van der Waals surface area contributed by atoms with Crippen LogP contribution >= 0.6 is 0 Å². The van der Waals surface area contributed by atoms with Crippen LogP contribution in [0, 0.1) is 0 Å². The summed E-state index contributed by atoms with van der Waals surface area (Å²) in [6.07, 6.45) is 1.16. The van der Waals surface area contributed by atoms with Gasteiger partial charge in [-0.25, -0.2) is 9.59 Å². The molecule has 0 saturated carbocycles. The summed E-state index contributed by atoms with van der Waals surface area (Å²) in [5.41, 5.74) is -2.17. The summed E-state index contributed by atoms with van der Waals surface area (Å²) in [5.74, 6) is -2.60. The van der Waals surface area contributed by atoms with E-state index in [9.17, 15) is 14.7 Å². The van der Waals surface area contributed by atoms with Crippen molar-refractivity contribution < 1.29 is 24.9 Å². The fraction of sp³-hybridized carbons (Fsp3) is 0.400. The minimum Gasteiger partial charge on any atom is -0.479 e. The van der Waals surface area contributed by atoms with Crippen LogP contribution in [-0.4, -0.2) is 32.9 Å². The van der Waals surface area contributed by atoms with Gasteiger partial charge in [0.1, 0.15) is 0 Å². The Morgan fingerprint density at radius 1 is 1.40 bits per heavy atom. The highest BCUT2D eigenvalue weighted by Crippen LogP contribution is 2.22. The van der Waals surface area contributed by atoms with E-state index in [1.165, 1.54) is 13.0 Å². The molecule has 0 saturated heterocycles. The molecule has 0 radical (unpaired) electrons. The van der Waals surface area contributed by atoms with E-state index in [2.05, 4.69) is 6.58 Å². The van der Waals surface area contributed by atoms with Crippen molar-refractivity contribution >= 4 is 11.9 Å². The predicted molar refractivity (Wildman–Crippen MR) is 53.4 cm³/mol. The molecule has 84 valence electrons. The van der Waals surface area contributed by atoms with Gasteiger partial charge in [0.05, 0.1) is 0 Å². The second-order valence-corrected chi connectivity index (χ2v) is 3.28. The molecule has 15 heavy (non-hydrogen) atoms. The third kappa shape index (κ3) is 3.21. The highest BCUT2D eigenvalue weighted by Gasteiger charge is 2.33. The number of carboxylic acids is 2. The molecule has 0 aliphatic heterocycles. The van der Waals surface area contributed by atoms with E-state index >= 15 is 0 Å². The molecule has 0 amide bonds. The molecular weight excluding hydrogens is 200 g/mol. The lowest BCUT2D eigenvalue weighted by molar-refractivity contribution is -0.153. The second kappa shape index (κ2) is 4.75. The average molecular weight is 214 g/mol. The average Bonchev–Trinajstić information content (AvgIpc) is 2.12. The lowest BCUT2D eigenvalue weighted by atomic mass is 9.91. The van der Waals surface area contributed by atoms with E-state index in [0.717, 1.165) is 6.92 Å². The number of aliphatic hydroxyl groups is 1. The normalized spacial score (nSPS) is 15.5. The molecule has 3 N–H and O–H groups in total. The first-order valence-corrected chi connectivity index (χ1v) is 4.26. The monoisotopic (exact) mass is 214 g/mol. The standard InChI is InChI=1S/C10H14O5/c1-4-7(8(11)12)5-6(2)10(3,15)9(13)14/h4,15H,2,5H2,1,3H3,(H,11,12)(H,13,14)/b7-4-/t10-/m1/s1. The number of hydrogen-bond donors (Lipinski definition) is 3. The maximum absolute atomic E-state index is 10.6. The van der Waals surface area contributed by atoms with Crippen molar-refractivity contribution in [3.8, 4) is 0 Å². The molecule has 0 aliphatic carbocycles. The molecule has 0 aliphatic rings. The third-order valence-electron chi connectivity index (χ3n) is 2.13. The number of carboxylic acid groups (broad SMARTS) is 2. The van der Waals surface area contributed by atoms with E-state index < -0.39 is 17.5 Å². The highest BCUT2D eigenvalue weighted by atomic mass is 16.4. The Kier molecular flexibility index (Phi) is 4.23. The first-order chi connectivity index (χ1) is 6.73. The van der Waals surface area contributed by atoms with Gasteiger partial charge in [-0.15, -0.1) is 0 Å². The van der Waals surface area contributed by atoms with E-state index in [-0.39, 0.29) is 17.6 Å². The zero-order valence-electron chi connectivity index (χ0n) is 8.65. The SMILES string of the molecule is C=C(C/C(=C/C)C(=O)O)[C@@](C)(O)C(=O)O. The van der Waals surface area contributed by atoms with E-state index in [0.29, 0.717) is 0 Å². The van der Waals surface area contributed by atoms with Crippen LogP contribution in [0.3, 0.4) is 0 Å². The molecule has 0 fully saturated rings. The van der Waals surface area contributed by atoms with Gasteiger partial charge >= 0.3 is 11.9 Å². The Balaban J connectivity index is 4.78. The van der Waals surface area contributed by atoms with Gasteiger partial charge in [-0.2, -0.15) is 0 Å². The van der Waals surface area contributed by atoms with Crippen molar-refractivity contribution in [2.75, 3.05) is 0 Å². The summed E-state index contributed by atoms with van der Waals surface area (Å²) in [6.45, 7) is 5.97. The number of rotatable bonds is 5. The molecule has 0 heterocycles. The van der Waals surface area contributed by atoms with Crippen molar-refractivity contribution in [1.29, 1.82) is 0 Å². The van der Waals surface area contributed by atoms with Crippen LogP contribution in [0.5, 0.6) is 0 Å². The maximum atomic E-state index is 10.6. The van der Waals surface area contributed by atoms with Crippen molar-refractivity contribution in [3.63, 3.8) is 0 Å². The van der Waals surface area contributed by atoms with Crippen molar-refractivity contribution in [2.24, 2.45) is 0 Å². The Morgan fingerprint density at radius 3 is 2.13 bits per heavy atom. The van der Waals surface area contributed by atoms with Crippen LogP contribution in [0.15, 0.2) is 23.8 Å². The van der Waals surface area contributed by atoms with Crippen LogP contribution in [0.1, 0.15) is 20.3 Å². The summed E-state index contributed by atoms with van der Waals surface area (Å²) in [6, 6.07) is 0. The molecule has 5 heteroatoms. The van der Waals surface area contributed by atoms with Gasteiger partial charge in [-0.05, 0) is 19.4 Å². The Labute approximate surface area is 87.4 Å². The first kappa shape index (κ1) is 13.4. The molecule has 0 aromatic heterocycles. The Bertz CT molecular complexity index is 325. The summed E-state index contributed by atoms with van der Waals surface area (Å²) < 4.78 is 0. The lowest BCUT2D eigenvalue weighted by Crippen LogP contribution is -2.37. The summed E-state index contributed by atoms with van der Waals surface area (Å²) in [4.78, 5) is 21.2. The van der Waals surface area contributed by atoms with Gasteiger partial charge < -0.3 is 15.3 Å². The summed E-state index contributed by atoms with van der Waals surface area (Å²) >= 11 is 0. The van der Waals surface area contributed by atoms with Gasteiger partial charge in [-0.1, -0.05) is 12.7 Å². The van der Waals surface area contributed by atoms with Gasteiger partial charge in [0.25, 0.3) is 0 Å². The van der Waals surface area contributed by atoms with Crippen LogP contribution in [-0.2, 0) is 9.59 Å². The summed E-state index contributed by atoms with van der Waals surface area (Å²) in [7, 11) is 0. The number of aliphatic carboxylic acids is 2. The van der Waals surface area contributed by atoms with Crippen LogP contribution < -0.4 is 0 Å². The first-order valence-electron chi connectivity index (χ1n) is 4.26. The van der Waals surface area contributed by atoms with Crippen molar-refractivity contribution in [1.82, 2.24) is 0 Å². The number of hydrogen-bond acceptors (Lipinski definition) is 3. The zero-order chi connectivity index (χ0) is 12.2. The Hall–Kier alpha value is -1.62. The van der Waals surface area contributed by atoms with Crippen molar-refractivity contribution in [3.05, 3.63) is 23.8 Å². The third-order valence-corrected chi connectivity index (χ3v) is 2.13. The van der Waals surface area contributed by atoms with Gasteiger partial charge in [0, 0.05) is 12.0 Å².